The van der Waals surface area contributed by atoms with E-state index < -0.39 is 6.04 Å². The van der Waals surface area contributed by atoms with Crippen molar-refractivity contribution in [2.45, 2.75) is 51.2 Å². The molecule has 1 aromatic carbocycles. The van der Waals surface area contributed by atoms with Gasteiger partial charge < -0.3 is 19.4 Å². The monoisotopic (exact) mass is 521 g/mol. The summed E-state index contributed by atoms with van der Waals surface area (Å²) >= 11 is 0. The SMILES string of the molecule is Cc1ccc(-c2nnn(CC(=O)N(CCN3CCOCC3)C(C(=O)NC3CCCC3)c3ccco3)n2)cc1. The lowest BCUT2D eigenvalue weighted by Gasteiger charge is -2.33. The van der Waals surface area contributed by atoms with E-state index in [-0.39, 0.29) is 24.4 Å². The maximum absolute atomic E-state index is 13.8. The molecule has 2 amide bonds. The second-order valence-electron chi connectivity index (χ2n) is 9.96. The van der Waals surface area contributed by atoms with E-state index in [1.165, 1.54) is 11.1 Å². The van der Waals surface area contributed by atoms with Crippen LogP contribution >= 0.6 is 0 Å². The third-order valence-corrected chi connectivity index (χ3v) is 7.19. The Morgan fingerprint density at radius 2 is 1.89 bits per heavy atom. The van der Waals surface area contributed by atoms with E-state index in [0.717, 1.165) is 49.9 Å². The van der Waals surface area contributed by atoms with Crippen molar-refractivity contribution in [3.63, 3.8) is 0 Å². The first-order valence-electron chi connectivity index (χ1n) is 13.3. The van der Waals surface area contributed by atoms with E-state index in [2.05, 4.69) is 25.6 Å². The number of benzene rings is 1. The predicted molar refractivity (Wildman–Crippen MR) is 139 cm³/mol. The van der Waals surface area contributed by atoms with Gasteiger partial charge in [-0.3, -0.25) is 14.5 Å². The highest BCUT2D eigenvalue weighted by molar-refractivity contribution is 5.88. The molecule has 3 heterocycles. The standard InChI is InChI=1S/C27H35N7O4/c1-20-8-10-21(11-9-20)26-29-31-34(30-26)19-24(35)33(13-12-32-14-17-37-18-15-32)25(23-7-4-16-38-23)27(36)28-22-5-2-3-6-22/h4,7-11,16,22,25H,2-3,5-6,12-15,17-19H2,1H3,(H,28,36). The Morgan fingerprint density at radius 1 is 1.13 bits per heavy atom. The summed E-state index contributed by atoms with van der Waals surface area (Å²) in [7, 11) is 0. The molecule has 1 saturated heterocycles. The molecule has 11 nitrogen and oxygen atoms in total. The van der Waals surface area contributed by atoms with Gasteiger partial charge in [-0.2, -0.15) is 4.80 Å². The summed E-state index contributed by atoms with van der Waals surface area (Å²) in [5.41, 5.74) is 1.95. The molecule has 1 unspecified atom stereocenters. The highest BCUT2D eigenvalue weighted by Gasteiger charge is 2.35. The van der Waals surface area contributed by atoms with Crippen molar-refractivity contribution in [3.05, 3.63) is 54.0 Å². The molecule has 0 bridgehead atoms. The summed E-state index contributed by atoms with van der Waals surface area (Å²) < 4.78 is 11.2. The number of rotatable bonds is 10. The molecule has 1 atom stereocenters. The van der Waals surface area contributed by atoms with Crippen molar-refractivity contribution in [1.82, 2.24) is 35.3 Å². The topological polar surface area (TPSA) is 119 Å². The predicted octanol–water partition coefficient (Wildman–Crippen LogP) is 2.20. The number of morpholine rings is 1. The molecule has 1 aliphatic carbocycles. The first-order valence-corrected chi connectivity index (χ1v) is 13.3. The highest BCUT2D eigenvalue weighted by atomic mass is 16.5. The number of amides is 2. The van der Waals surface area contributed by atoms with Crippen LogP contribution in [-0.2, 0) is 20.9 Å². The fourth-order valence-corrected chi connectivity index (χ4v) is 5.03. The third kappa shape index (κ3) is 6.46. The van der Waals surface area contributed by atoms with E-state index >= 15 is 0 Å². The molecule has 11 heteroatoms. The lowest BCUT2D eigenvalue weighted by molar-refractivity contribution is -0.143. The highest BCUT2D eigenvalue weighted by Crippen LogP contribution is 2.25. The first-order chi connectivity index (χ1) is 18.6. The quantitative estimate of drug-likeness (QED) is 0.431. The van der Waals surface area contributed by atoms with Gasteiger partial charge in [-0.15, -0.1) is 10.2 Å². The maximum Gasteiger partial charge on any atom is 0.250 e. The number of carbonyl (C=O) groups is 2. The molecule has 5 rings (SSSR count). The van der Waals surface area contributed by atoms with Gasteiger partial charge in [0.2, 0.25) is 11.7 Å². The van der Waals surface area contributed by atoms with Crippen molar-refractivity contribution in [2.75, 3.05) is 39.4 Å². The summed E-state index contributed by atoms with van der Waals surface area (Å²) in [5, 5.41) is 15.8. The minimum Gasteiger partial charge on any atom is -0.467 e. The van der Waals surface area contributed by atoms with Gasteiger partial charge in [0.25, 0.3) is 5.91 Å². The molecular formula is C27H35N7O4. The number of carbonyl (C=O) groups excluding carboxylic acids is 2. The molecule has 0 spiro atoms. The molecule has 2 aliphatic rings. The number of aromatic nitrogens is 4. The van der Waals surface area contributed by atoms with E-state index in [0.29, 0.717) is 37.9 Å². The zero-order valence-corrected chi connectivity index (χ0v) is 21.8. The lowest BCUT2D eigenvalue weighted by atomic mass is 10.1. The van der Waals surface area contributed by atoms with Crippen molar-refractivity contribution >= 4 is 11.8 Å². The number of tetrazole rings is 1. The zero-order valence-electron chi connectivity index (χ0n) is 21.8. The van der Waals surface area contributed by atoms with Crippen molar-refractivity contribution in [1.29, 1.82) is 0 Å². The Bertz CT molecular complexity index is 1180. The summed E-state index contributed by atoms with van der Waals surface area (Å²) in [6.07, 6.45) is 5.61. The second-order valence-corrected chi connectivity index (χ2v) is 9.96. The summed E-state index contributed by atoms with van der Waals surface area (Å²) in [5.74, 6) is 0.366. The number of hydrogen-bond donors (Lipinski definition) is 1. The molecule has 38 heavy (non-hydrogen) atoms. The minimum atomic E-state index is -0.890. The van der Waals surface area contributed by atoms with Crippen molar-refractivity contribution < 1.29 is 18.7 Å². The summed E-state index contributed by atoms with van der Waals surface area (Å²) in [4.78, 5) is 32.5. The van der Waals surface area contributed by atoms with Crippen LogP contribution in [0.5, 0.6) is 0 Å². The number of aryl methyl sites for hydroxylation is 1. The van der Waals surface area contributed by atoms with E-state index in [4.69, 9.17) is 9.15 Å². The number of ether oxygens (including phenoxy) is 1. The normalized spacial score (nSPS) is 17.4. The number of nitrogens with one attached hydrogen (secondary N) is 1. The zero-order chi connectivity index (χ0) is 26.3. The number of nitrogens with zero attached hydrogens (tertiary/aromatic N) is 6. The molecule has 1 saturated carbocycles. The Morgan fingerprint density at radius 3 is 2.61 bits per heavy atom. The fourth-order valence-electron chi connectivity index (χ4n) is 5.03. The summed E-state index contributed by atoms with van der Waals surface area (Å²) in [6, 6.07) is 10.5. The van der Waals surface area contributed by atoms with Gasteiger partial charge in [0, 0.05) is 37.8 Å². The molecule has 2 aromatic heterocycles. The molecular weight excluding hydrogens is 486 g/mol. The largest absolute Gasteiger partial charge is 0.467 e. The van der Waals surface area contributed by atoms with Crippen LogP contribution in [0, 0.1) is 6.92 Å². The minimum absolute atomic E-state index is 0.116. The van der Waals surface area contributed by atoms with Crippen LogP contribution in [0.2, 0.25) is 0 Å². The average molecular weight is 522 g/mol. The van der Waals surface area contributed by atoms with E-state index in [1.54, 1.807) is 17.0 Å². The van der Waals surface area contributed by atoms with Crippen LogP contribution in [0.1, 0.15) is 43.0 Å². The van der Waals surface area contributed by atoms with E-state index in [1.807, 2.05) is 31.2 Å². The Kier molecular flexibility index (Phi) is 8.44. The Balaban J connectivity index is 1.36. The molecule has 2 fully saturated rings. The van der Waals surface area contributed by atoms with Gasteiger partial charge in [-0.1, -0.05) is 42.7 Å². The molecule has 202 valence electrons. The Labute approximate surface area is 222 Å². The van der Waals surface area contributed by atoms with Crippen LogP contribution in [-0.4, -0.2) is 87.3 Å². The Hall–Kier alpha value is -3.57. The van der Waals surface area contributed by atoms with Crippen LogP contribution in [0.15, 0.2) is 47.1 Å². The van der Waals surface area contributed by atoms with Gasteiger partial charge in [0.05, 0.1) is 19.5 Å². The maximum atomic E-state index is 13.8. The lowest BCUT2D eigenvalue weighted by Crippen LogP contribution is -2.50. The van der Waals surface area contributed by atoms with Gasteiger partial charge in [0.15, 0.2) is 6.04 Å². The molecule has 1 N–H and O–H groups in total. The molecule has 0 radical (unpaired) electrons. The molecule has 3 aromatic rings. The summed E-state index contributed by atoms with van der Waals surface area (Å²) in [6.45, 7) is 5.71. The van der Waals surface area contributed by atoms with Crippen LogP contribution in [0.3, 0.4) is 0 Å². The number of hydrogen-bond acceptors (Lipinski definition) is 8. The third-order valence-electron chi connectivity index (χ3n) is 7.19. The molecule has 1 aliphatic heterocycles. The van der Waals surface area contributed by atoms with Crippen molar-refractivity contribution in [3.8, 4) is 11.4 Å². The van der Waals surface area contributed by atoms with Gasteiger partial charge in [0.1, 0.15) is 12.3 Å². The first kappa shape index (κ1) is 26.1. The van der Waals surface area contributed by atoms with Crippen LogP contribution in [0.4, 0.5) is 0 Å². The van der Waals surface area contributed by atoms with Gasteiger partial charge in [-0.25, -0.2) is 0 Å². The fraction of sp³-hybridized carbons (Fsp3) is 0.519. The van der Waals surface area contributed by atoms with Gasteiger partial charge >= 0.3 is 0 Å². The van der Waals surface area contributed by atoms with Crippen molar-refractivity contribution in [2.24, 2.45) is 0 Å². The van der Waals surface area contributed by atoms with E-state index in [9.17, 15) is 9.59 Å². The van der Waals surface area contributed by atoms with Crippen LogP contribution in [0.25, 0.3) is 11.4 Å². The second kappa shape index (κ2) is 12.3. The average Bonchev–Trinajstić information content (AvgIpc) is 3.71. The van der Waals surface area contributed by atoms with Crippen LogP contribution < -0.4 is 5.32 Å². The number of furan rings is 1. The smallest absolute Gasteiger partial charge is 0.250 e. The van der Waals surface area contributed by atoms with Gasteiger partial charge in [-0.05, 0) is 37.1 Å².